The summed E-state index contributed by atoms with van der Waals surface area (Å²) in [6.07, 6.45) is 6.37. The monoisotopic (exact) mass is 457 g/mol. The van der Waals surface area contributed by atoms with Crippen LogP contribution in [0.3, 0.4) is 0 Å². The van der Waals surface area contributed by atoms with Crippen LogP contribution < -0.4 is 20.1 Å². The van der Waals surface area contributed by atoms with Crippen molar-refractivity contribution >= 4 is 16.8 Å². The Balaban J connectivity index is 1.44. The Morgan fingerprint density at radius 3 is 2.91 bits per heavy atom. The molecule has 6 heteroatoms. The predicted molar refractivity (Wildman–Crippen MR) is 133 cm³/mol. The molecule has 176 valence electrons. The number of rotatable bonds is 6. The van der Waals surface area contributed by atoms with Crippen LogP contribution in [0.25, 0.3) is 10.9 Å². The smallest absolute Gasteiger partial charge is 0.231 e. The largest absolute Gasteiger partial charge is 0.454 e. The molecule has 0 radical (unpaired) electrons. The first-order valence-electron chi connectivity index (χ1n) is 12.1. The van der Waals surface area contributed by atoms with Crippen LogP contribution in [0.1, 0.15) is 43.9 Å². The predicted octanol–water partition coefficient (Wildman–Crippen LogP) is 4.70. The van der Waals surface area contributed by atoms with Gasteiger partial charge >= 0.3 is 0 Å². The maximum atomic E-state index is 13.3. The van der Waals surface area contributed by atoms with Crippen molar-refractivity contribution in [1.82, 2.24) is 15.6 Å². The molecule has 1 fully saturated rings. The van der Waals surface area contributed by atoms with Gasteiger partial charge in [-0.05, 0) is 61.1 Å². The fourth-order valence-electron chi connectivity index (χ4n) is 5.16. The molecule has 2 aromatic carbocycles. The van der Waals surface area contributed by atoms with Gasteiger partial charge in [-0.1, -0.05) is 42.8 Å². The van der Waals surface area contributed by atoms with E-state index in [1.54, 1.807) is 0 Å². The number of pyridine rings is 1. The molecule has 3 aromatic rings. The quantitative estimate of drug-likeness (QED) is 0.525. The number of allylic oxidation sites excluding steroid dienone is 1. The molecule has 1 saturated heterocycles. The van der Waals surface area contributed by atoms with Crippen molar-refractivity contribution in [2.75, 3.05) is 13.3 Å². The average molecular weight is 458 g/mol. The molecule has 1 amide bonds. The van der Waals surface area contributed by atoms with Crippen molar-refractivity contribution < 1.29 is 14.3 Å². The molecule has 0 aliphatic carbocycles. The van der Waals surface area contributed by atoms with Crippen LogP contribution in [0.5, 0.6) is 11.5 Å². The van der Waals surface area contributed by atoms with Crippen LogP contribution >= 0.6 is 0 Å². The molecule has 3 atom stereocenters. The number of benzene rings is 2. The summed E-state index contributed by atoms with van der Waals surface area (Å²) >= 11 is 0. The van der Waals surface area contributed by atoms with Crippen molar-refractivity contribution in [2.45, 2.75) is 45.2 Å². The second-order valence-electron chi connectivity index (χ2n) is 9.01. The van der Waals surface area contributed by atoms with Gasteiger partial charge in [-0.15, -0.1) is 0 Å². The second kappa shape index (κ2) is 9.85. The molecule has 6 nitrogen and oxygen atoms in total. The molecule has 0 spiro atoms. The SMILES string of the molecule is C/C=C1\C[C@H]([C@H](NC(=O)Cc2ccc3c(c2)OCO3)c2ccnc3ccccc23)NC[C@@H]1CC. The Morgan fingerprint density at radius 2 is 2.06 bits per heavy atom. The Labute approximate surface area is 200 Å². The normalized spacial score (nSPS) is 21.5. The number of amides is 1. The van der Waals surface area contributed by atoms with Crippen molar-refractivity contribution in [3.05, 3.63) is 77.5 Å². The number of fused-ring (bicyclic) bond motifs is 2. The first-order valence-corrected chi connectivity index (χ1v) is 12.1. The number of hydrogen-bond acceptors (Lipinski definition) is 5. The lowest BCUT2D eigenvalue weighted by atomic mass is 9.82. The Bertz CT molecular complexity index is 1220. The Hall–Kier alpha value is -3.38. The molecular formula is C28H31N3O3. The summed E-state index contributed by atoms with van der Waals surface area (Å²) in [7, 11) is 0. The Kier molecular flexibility index (Phi) is 6.50. The van der Waals surface area contributed by atoms with Gasteiger partial charge in [0.2, 0.25) is 12.7 Å². The van der Waals surface area contributed by atoms with Crippen LogP contribution in [-0.4, -0.2) is 30.3 Å². The lowest BCUT2D eigenvalue weighted by Crippen LogP contribution is -2.49. The van der Waals surface area contributed by atoms with Crippen LogP contribution in [0.15, 0.2) is 66.4 Å². The van der Waals surface area contributed by atoms with E-state index in [2.05, 4.69) is 41.6 Å². The van der Waals surface area contributed by atoms with Gasteiger partial charge in [0.1, 0.15) is 0 Å². The zero-order chi connectivity index (χ0) is 23.5. The van der Waals surface area contributed by atoms with E-state index in [1.165, 1.54) is 5.57 Å². The molecule has 0 saturated carbocycles. The van der Waals surface area contributed by atoms with E-state index in [0.717, 1.165) is 47.2 Å². The van der Waals surface area contributed by atoms with E-state index in [9.17, 15) is 4.79 Å². The average Bonchev–Trinajstić information content (AvgIpc) is 3.34. The molecule has 2 aliphatic rings. The highest BCUT2D eigenvalue weighted by Crippen LogP contribution is 2.34. The number of ether oxygens (including phenoxy) is 2. The van der Waals surface area contributed by atoms with Crippen molar-refractivity contribution in [2.24, 2.45) is 5.92 Å². The lowest BCUT2D eigenvalue weighted by molar-refractivity contribution is -0.121. The molecule has 0 unspecified atom stereocenters. The molecular weight excluding hydrogens is 426 g/mol. The minimum atomic E-state index is -0.179. The van der Waals surface area contributed by atoms with Gasteiger partial charge in [0.15, 0.2) is 11.5 Å². The van der Waals surface area contributed by atoms with Gasteiger partial charge < -0.3 is 20.1 Å². The standard InChI is InChI=1S/C28H31N3O3/c1-3-19-15-24(30-16-20(19)4-2)28(22-11-12-29-23-8-6-5-7-21(22)23)31-27(32)14-18-9-10-25-26(13-18)34-17-33-25/h3,5-13,20,24,28,30H,4,14-17H2,1-2H3,(H,31,32)/b19-3+/t20-,24+,28+/m0/s1. The minimum Gasteiger partial charge on any atom is -0.454 e. The number of piperidine rings is 1. The highest BCUT2D eigenvalue weighted by Gasteiger charge is 2.32. The summed E-state index contributed by atoms with van der Waals surface area (Å²) in [5, 5.41) is 8.17. The van der Waals surface area contributed by atoms with E-state index >= 15 is 0 Å². The Morgan fingerprint density at radius 1 is 1.21 bits per heavy atom. The summed E-state index contributed by atoms with van der Waals surface area (Å²) in [6.45, 7) is 5.49. The fraction of sp³-hybridized carbons (Fsp3) is 0.357. The number of nitrogens with zero attached hydrogens (tertiary/aromatic N) is 1. The van der Waals surface area contributed by atoms with Gasteiger partial charge in [0.05, 0.1) is 18.0 Å². The summed E-state index contributed by atoms with van der Waals surface area (Å²) in [5.41, 5.74) is 4.38. The van der Waals surface area contributed by atoms with E-state index in [4.69, 9.17) is 9.47 Å². The summed E-state index contributed by atoms with van der Waals surface area (Å²) in [5.74, 6) is 1.94. The number of para-hydroxylation sites is 1. The van der Waals surface area contributed by atoms with Crippen LogP contribution in [0.4, 0.5) is 0 Å². The zero-order valence-electron chi connectivity index (χ0n) is 19.7. The van der Waals surface area contributed by atoms with Crippen molar-refractivity contribution in [3.63, 3.8) is 0 Å². The van der Waals surface area contributed by atoms with Gasteiger partial charge in [-0.25, -0.2) is 0 Å². The molecule has 5 rings (SSSR count). The zero-order valence-corrected chi connectivity index (χ0v) is 19.7. The van der Waals surface area contributed by atoms with Gasteiger partial charge in [0, 0.05) is 24.2 Å². The van der Waals surface area contributed by atoms with Gasteiger partial charge in [-0.2, -0.15) is 0 Å². The van der Waals surface area contributed by atoms with E-state index in [0.29, 0.717) is 11.7 Å². The van der Waals surface area contributed by atoms with E-state index in [1.807, 2.05) is 48.7 Å². The van der Waals surface area contributed by atoms with E-state index < -0.39 is 0 Å². The maximum absolute atomic E-state index is 13.3. The highest BCUT2D eigenvalue weighted by molar-refractivity contribution is 5.84. The van der Waals surface area contributed by atoms with Gasteiger partial charge in [-0.3, -0.25) is 9.78 Å². The topological polar surface area (TPSA) is 72.5 Å². The molecule has 3 heterocycles. The van der Waals surface area contributed by atoms with Crippen LogP contribution in [-0.2, 0) is 11.2 Å². The number of nitrogens with one attached hydrogen (secondary N) is 2. The highest BCUT2D eigenvalue weighted by atomic mass is 16.7. The first kappa shape index (κ1) is 22.4. The lowest BCUT2D eigenvalue weighted by Gasteiger charge is -2.37. The fourth-order valence-corrected chi connectivity index (χ4v) is 5.16. The summed E-state index contributed by atoms with van der Waals surface area (Å²) in [4.78, 5) is 17.8. The molecule has 1 aromatic heterocycles. The van der Waals surface area contributed by atoms with Gasteiger partial charge in [0.25, 0.3) is 0 Å². The van der Waals surface area contributed by atoms with Crippen molar-refractivity contribution in [3.8, 4) is 11.5 Å². The maximum Gasteiger partial charge on any atom is 0.231 e. The summed E-state index contributed by atoms with van der Waals surface area (Å²) in [6, 6.07) is 15.8. The van der Waals surface area contributed by atoms with Crippen LogP contribution in [0, 0.1) is 5.92 Å². The number of hydrogen-bond donors (Lipinski definition) is 2. The number of carbonyl (C=O) groups is 1. The molecule has 34 heavy (non-hydrogen) atoms. The minimum absolute atomic E-state index is 0.0220. The molecule has 2 N–H and O–H groups in total. The van der Waals surface area contributed by atoms with E-state index in [-0.39, 0.29) is 31.2 Å². The molecule has 2 aliphatic heterocycles. The molecule has 0 bridgehead atoms. The summed E-state index contributed by atoms with van der Waals surface area (Å²) < 4.78 is 10.9. The number of aromatic nitrogens is 1. The first-order chi connectivity index (χ1) is 16.7. The third kappa shape index (κ3) is 4.50. The number of carbonyl (C=O) groups excluding carboxylic acids is 1. The third-order valence-electron chi connectivity index (χ3n) is 7.01. The van der Waals surface area contributed by atoms with Crippen LogP contribution in [0.2, 0.25) is 0 Å². The second-order valence-corrected chi connectivity index (χ2v) is 9.01. The van der Waals surface area contributed by atoms with Crippen molar-refractivity contribution in [1.29, 1.82) is 0 Å². The third-order valence-corrected chi connectivity index (χ3v) is 7.01.